The topological polar surface area (TPSA) is 25.2 Å². The number of aromatic nitrogens is 1. The number of nitrogens with zero attached hydrogens (tertiary/aromatic N) is 2. The zero-order chi connectivity index (χ0) is 16.4. The minimum absolute atomic E-state index is 0.126. The van der Waals surface area contributed by atoms with Crippen LogP contribution in [0, 0.1) is 5.92 Å². The summed E-state index contributed by atoms with van der Waals surface area (Å²) in [6.45, 7) is 5.72. The zero-order valence-corrected chi connectivity index (χ0v) is 15.3. The van der Waals surface area contributed by atoms with Gasteiger partial charge in [-0.05, 0) is 60.2 Å². The van der Waals surface area contributed by atoms with Gasteiger partial charge in [-0.2, -0.15) is 0 Å². The van der Waals surface area contributed by atoms with Gasteiger partial charge in [-0.1, -0.05) is 30.3 Å². The molecule has 1 heterocycles. The molecule has 122 valence electrons. The van der Waals surface area contributed by atoms with Crippen LogP contribution in [0.25, 0.3) is 0 Å². The number of hydrogen-bond donors (Lipinski definition) is 0. The highest BCUT2D eigenvalue weighted by Crippen LogP contribution is 2.36. The molecular weight excluding hydrogens is 352 g/mol. The van der Waals surface area contributed by atoms with Crippen LogP contribution in [0.15, 0.2) is 47.1 Å². The number of benzene rings is 1. The Kier molecular flexibility index (Phi) is 4.90. The number of halogens is 1. The van der Waals surface area contributed by atoms with Crippen LogP contribution < -0.4 is 0 Å². The van der Waals surface area contributed by atoms with E-state index in [0.29, 0.717) is 12.5 Å². The molecular formula is C19H23BrN2O. The number of rotatable bonds is 6. The fourth-order valence-electron chi connectivity index (χ4n) is 3.08. The molecule has 23 heavy (non-hydrogen) atoms. The van der Waals surface area contributed by atoms with Crippen LogP contribution in [0.3, 0.4) is 0 Å². The first-order chi connectivity index (χ1) is 11.1. The van der Waals surface area contributed by atoms with Crippen molar-refractivity contribution in [3.05, 3.63) is 58.3 Å². The maximum Gasteiger partial charge on any atom is 0.271 e. The highest BCUT2D eigenvalue weighted by molar-refractivity contribution is 9.10. The van der Waals surface area contributed by atoms with Crippen molar-refractivity contribution in [2.75, 3.05) is 0 Å². The van der Waals surface area contributed by atoms with Crippen LogP contribution in [-0.2, 0) is 13.1 Å². The molecule has 0 radical (unpaired) electrons. The second kappa shape index (κ2) is 6.91. The van der Waals surface area contributed by atoms with E-state index in [9.17, 15) is 4.79 Å². The summed E-state index contributed by atoms with van der Waals surface area (Å²) in [7, 11) is 0. The number of carbonyl (C=O) groups is 1. The van der Waals surface area contributed by atoms with E-state index in [1.807, 2.05) is 39.9 Å². The van der Waals surface area contributed by atoms with E-state index in [1.165, 1.54) is 18.4 Å². The Morgan fingerprint density at radius 1 is 1.35 bits per heavy atom. The molecule has 1 unspecified atom stereocenters. The van der Waals surface area contributed by atoms with Gasteiger partial charge in [-0.3, -0.25) is 4.79 Å². The molecule has 3 rings (SSSR count). The Bertz CT molecular complexity index is 676. The normalized spacial score (nSPS) is 15.4. The van der Waals surface area contributed by atoms with Gasteiger partial charge in [0, 0.05) is 29.8 Å². The maximum absolute atomic E-state index is 13.2. The van der Waals surface area contributed by atoms with Crippen LogP contribution in [0.5, 0.6) is 0 Å². The average molecular weight is 375 g/mol. The van der Waals surface area contributed by atoms with Crippen molar-refractivity contribution < 1.29 is 4.79 Å². The fraction of sp³-hybridized carbons (Fsp3) is 0.421. The van der Waals surface area contributed by atoms with Gasteiger partial charge in [-0.15, -0.1) is 0 Å². The Morgan fingerprint density at radius 3 is 2.65 bits per heavy atom. The second-order valence-electron chi connectivity index (χ2n) is 6.33. The van der Waals surface area contributed by atoms with Gasteiger partial charge < -0.3 is 9.47 Å². The molecule has 1 aromatic carbocycles. The molecule has 0 aliphatic heterocycles. The smallest absolute Gasteiger partial charge is 0.271 e. The lowest BCUT2D eigenvalue weighted by molar-refractivity contribution is 0.0643. The third-order valence-electron chi connectivity index (χ3n) is 4.68. The van der Waals surface area contributed by atoms with Crippen molar-refractivity contribution in [2.45, 2.75) is 45.8 Å². The van der Waals surface area contributed by atoms with Crippen LogP contribution in [0.1, 0.15) is 42.7 Å². The van der Waals surface area contributed by atoms with Crippen molar-refractivity contribution in [1.82, 2.24) is 9.47 Å². The standard InChI is InChI=1S/C19H23BrN2O/c1-3-21-13-17(20)11-18(21)19(23)22(14(2)16-9-10-16)12-15-7-5-4-6-8-15/h4-8,11,13-14,16H,3,9-10,12H2,1-2H3. The van der Waals surface area contributed by atoms with Crippen LogP contribution in [0.2, 0.25) is 0 Å². The van der Waals surface area contributed by atoms with Crippen molar-refractivity contribution in [2.24, 2.45) is 5.92 Å². The number of aryl methyl sites for hydroxylation is 1. The molecule has 0 spiro atoms. The summed E-state index contributed by atoms with van der Waals surface area (Å²) in [6.07, 6.45) is 4.45. The molecule has 1 aromatic heterocycles. The highest BCUT2D eigenvalue weighted by Gasteiger charge is 2.35. The lowest BCUT2D eigenvalue weighted by Gasteiger charge is -2.30. The number of hydrogen-bond acceptors (Lipinski definition) is 1. The van der Waals surface area contributed by atoms with E-state index in [0.717, 1.165) is 16.7 Å². The summed E-state index contributed by atoms with van der Waals surface area (Å²) in [6, 6.07) is 12.5. The molecule has 1 amide bonds. The van der Waals surface area contributed by atoms with Gasteiger partial charge in [0.2, 0.25) is 0 Å². The molecule has 0 bridgehead atoms. The van der Waals surface area contributed by atoms with E-state index in [-0.39, 0.29) is 11.9 Å². The monoisotopic (exact) mass is 374 g/mol. The molecule has 1 atom stereocenters. The highest BCUT2D eigenvalue weighted by atomic mass is 79.9. The maximum atomic E-state index is 13.2. The van der Waals surface area contributed by atoms with Crippen molar-refractivity contribution in [1.29, 1.82) is 0 Å². The average Bonchev–Trinajstić information content (AvgIpc) is 3.34. The van der Waals surface area contributed by atoms with Gasteiger partial charge in [0.25, 0.3) is 5.91 Å². The molecule has 0 N–H and O–H groups in total. The lowest BCUT2D eigenvalue weighted by atomic mass is 10.1. The summed E-state index contributed by atoms with van der Waals surface area (Å²) in [5.41, 5.74) is 1.95. The molecule has 1 saturated carbocycles. The van der Waals surface area contributed by atoms with E-state index in [4.69, 9.17) is 0 Å². The molecule has 4 heteroatoms. The molecule has 3 nitrogen and oxygen atoms in total. The Hall–Kier alpha value is -1.55. The predicted molar refractivity (Wildman–Crippen MR) is 96.3 cm³/mol. The minimum Gasteiger partial charge on any atom is -0.343 e. The van der Waals surface area contributed by atoms with Crippen LogP contribution >= 0.6 is 15.9 Å². The summed E-state index contributed by atoms with van der Waals surface area (Å²) >= 11 is 3.49. The molecule has 0 saturated heterocycles. The first-order valence-corrected chi connectivity index (χ1v) is 9.10. The molecule has 1 aliphatic carbocycles. The first-order valence-electron chi connectivity index (χ1n) is 8.30. The van der Waals surface area contributed by atoms with E-state index >= 15 is 0 Å². The predicted octanol–water partition coefficient (Wildman–Crippen LogP) is 4.71. The van der Waals surface area contributed by atoms with Gasteiger partial charge in [0.05, 0.1) is 0 Å². The Labute approximate surface area is 146 Å². The van der Waals surface area contributed by atoms with Gasteiger partial charge in [0.15, 0.2) is 0 Å². The minimum atomic E-state index is 0.126. The lowest BCUT2D eigenvalue weighted by Crippen LogP contribution is -2.40. The quantitative estimate of drug-likeness (QED) is 0.718. The summed E-state index contributed by atoms with van der Waals surface area (Å²) in [4.78, 5) is 15.2. The van der Waals surface area contributed by atoms with E-state index < -0.39 is 0 Å². The van der Waals surface area contributed by atoms with E-state index in [2.05, 4.69) is 41.9 Å². The Morgan fingerprint density at radius 2 is 2.04 bits per heavy atom. The SMILES string of the molecule is CCn1cc(Br)cc1C(=O)N(Cc1ccccc1)C(C)C1CC1. The third-order valence-corrected chi connectivity index (χ3v) is 5.11. The fourth-order valence-corrected chi connectivity index (χ4v) is 3.54. The Balaban J connectivity index is 1.89. The first kappa shape index (κ1) is 16.3. The number of amides is 1. The number of carbonyl (C=O) groups excluding carboxylic acids is 1. The molecule has 1 aliphatic rings. The van der Waals surface area contributed by atoms with Crippen molar-refractivity contribution >= 4 is 21.8 Å². The molecule has 1 fully saturated rings. The van der Waals surface area contributed by atoms with Crippen LogP contribution in [0.4, 0.5) is 0 Å². The third kappa shape index (κ3) is 3.69. The summed E-state index contributed by atoms with van der Waals surface area (Å²) in [5, 5.41) is 0. The van der Waals surface area contributed by atoms with E-state index in [1.54, 1.807) is 0 Å². The van der Waals surface area contributed by atoms with Gasteiger partial charge >= 0.3 is 0 Å². The van der Waals surface area contributed by atoms with Crippen molar-refractivity contribution in [3.63, 3.8) is 0 Å². The summed E-state index contributed by atoms with van der Waals surface area (Å²) < 4.78 is 2.98. The largest absolute Gasteiger partial charge is 0.343 e. The second-order valence-corrected chi connectivity index (χ2v) is 7.24. The molecule has 2 aromatic rings. The van der Waals surface area contributed by atoms with Gasteiger partial charge in [-0.25, -0.2) is 0 Å². The van der Waals surface area contributed by atoms with Crippen molar-refractivity contribution in [3.8, 4) is 0 Å². The summed E-state index contributed by atoms with van der Waals surface area (Å²) in [5.74, 6) is 0.775. The van der Waals surface area contributed by atoms with Crippen LogP contribution in [-0.4, -0.2) is 21.4 Å². The zero-order valence-electron chi connectivity index (χ0n) is 13.7. The van der Waals surface area contributed by atoms with Gasteiger partial charge in [0.1, 0.15) is 5.69 Å².